The van der Waals surface area contributed by atoms with Crippen molar-refractivity contribution in [3.8, 4) is 0 Å². The highest BCUT2D eigenvalue weighted by atomic mass is 127. The van der Waals surface area contributed by atoms with Crippen LogP contribution >= 0.6 is 35.7 Å². The molecule has 0 atom stereocenters. The summed E-state index contributed by atoms with van der Waals surface area (Å²) < 4.78 is 0. The van der Waals surface area contributed by atoms with Gasteiger partial charge in [0.1, 0.15) is 0 Å². The molecule has 0 heterocycles. The molecule has 20 heavy (non-hydrogen) atoms. The summed E-state index contributed by atoms with van der Waals surface area (Å²) in [6, 6.07) is 0.465. The average molecular weight is 415 g/mol. The molecule has 4 nitrogen and oxygen atoms in total. The topological polar surface area (TPSA) is 56.7 Å². The lowest BCUT2D eigenvalue weighted by Crippen LogP contribution is -2.45. The van der Waals surface area contributed by atoms with Crippen molar-refractivity contribution in [2.45, 2.75) is 57.6 Å². The summed E-state index contributed by atoms with van der Waals surface area (Å²) in [5.74, 6) is 2.16. The zero-order chi connectivity index (χ0) is 13.9. The number of nitrogens with zero attached hydrogens (tertiary/aromatic N) is 1. The number of rotatable bonds is 7. The standard InChI is InChI=1S/C14H29N3OS.HI/c1-3-15-14(16-10-4-5-11-19-2)17-12-6-8-13(18)9-7-12;/h12-13,18H,3-11H2,1-2H3,(H2,15,16,17);1H. The summed E-state index contributed by atoms with van der Waals surface area (Å²) in [6.07, 6.45) is 8.34. The van der Waals surface area contributed by atoms with E-state index in [9.17, 15) is 5.11 Å². The molecule has 0 saturated heterocycles. The second kappa shape index (κ2) is 13.0. The van der Waals surface area contributed by atoms with Crippen molar-refractivity contribution in [3.63, 3.8) is 0 Å². The molecular weight excluding hydrogens is 385 g/mol. The summed E-state index contributed by atoms with van der Waals surface area (Å²) in [7, 11) is 0. The van der Waals surface area contributed by atoms with Gasteiger partial charge < -0.3 is 15.7 Å². The monoisotopic (exact) mass is 415 g/mol. The molecule has 0 spiro atoms. The van der Waals surface area contributed by atoms with Crippen LogP contribution in [0.3, 0.4) is 0 Å². The van der Waals surface area contributed by atoms with Crippen LogP contribution in [0.2, 0.25) is 0 Å². The quantitative estimate of drug-likeness (QED) is 0.259. The Balaban J connectivity index is 0.00000361. The van der Waals surface area contributed by atoms with Gasteiger partial charge >= 0.3 is 0 Å². The first-order valence-corrected chi connectivity index (χ1v) is 8.87. The molecule has 0 amide bonds. The predicted octanol–water partition coefficient (Wildman–Crippen LogP) is 2.61. The maximum atomic E-state index is 9.51. The third-order valence-corrected chi connectivity index (χ3v) is 4.11. The maximum absolute atomic E-state index is 9.51. The van der Waals surface area contributed by atoms with E-state index in [0.29, 0.717) is 6.04 Å². The van der Waals surface area contributed by atoms with Gasteiger partial charge in [-0.3, -0.25) is 4.99 Å². The molecule has 1 aliphatic carbocycles. The lowest BCUT2D eigenvalue weighted by atomic mass is 9.93. The predicted molar refractivity (Wildman–Crippen MR) is 100 cm³/mol. The fourth-order valence-corrected chi connectivity index (χ4v) is 2.78. The van der Waals surface area contributed by atoms with Crippen LogP contribution in [-0.2, 0) is 0 Å². The number of guanidine groups is 1. The average Bonchev–Trinajstić information content (AvgIpc) is 2.41. The summed E-state index contributed by atoms with van der Waals surface area (Å²) in [4.78, 5) is 4.62. The van der Waals surface area contributed by atoms with Crippen molar-refractivity contribution in [3.05, 3.63) is 0 Å². The van der Waals surface area contributed by atoms with E-state index >= 15 is 0 Å². The number of hydrogen-bond donors (Lipinski definition) is 3. The highest BCUT2D eigenvalue weighted by molar-refractivity contribution is 14.0. The largest absolute Gasteiger partial charge is 0.393 e. The van der Waals surface area contributed by atoms with E-state index in [0.717, 1.165) is 51.2 Å². The van der Waals surface area contributed by atoms with Gasteiger partial charge in [-0.05, 0) is 57.5 Å². The highest BCUT2D eigenvalue weighted by Gasteiger charge is 2.19. The van der Waals surface area contributed by atoms with Crippen LogP contribution in [-0.4, -0.2) is 48.3 Å². The molecule has 0 unspecified atom stereocenters. The normalized spacial score (nSPS) is 23.1. The molecule has 1 aliphatic rings. The molecule has 0 aromatic carbocycles. The van der Waals surface area contributed by atoms with Crippen LogP contribution in [0, 0.1) is 0 Å². The molecule has 0 aromatic heterocycles. The number of hydrogen-bond acceptors (Lipinski definition) is 3. The SMILES string of the molecule is CCNC(=NCCCCSC)NC1CCC(O)CC1.I. The van der Waals surface area contributed by atoms with E-state index in [2.05, 4.69) is 28.8 Å². The zero-order valence-corrected chi connectivity index (χ0v) is 15.9. The second-order valence-electron chi connectivity index (χ2n) is 5.11. The van der Waals surface area contributed by atoms with Crippen LogP contribution in [0.1, 0.15) is 45.4 Å². The molecular formula is C14H30IN3OS. The third kappa shape index (κ3) is 9.28. The van der Waals surface area contributed by atoms with Crippen LogP contribution in [0.25, 0.3) is 0 Å². The van der Waals surface area contributed by atoms with E-state index in [1.165, 1.54) is 12.2 Å². The van der Waals surface area contributed by atoms with Gasteiger partial charge in [-0.1, -0.05) is 0 Å². The molecule has 3 N–H and O–H groups in total. The van der Waals surface area contributed by atoms with Crippen molar-refractivity contribution >= 4 is 41.7 Å². The molecule has 1 saturated carbocycles. The Morgan fingerprint density at radius 2 is 1.95 bits per heavy atom. The van der Waals surface area contributed by atoms with E-state index < -0.39 is 0 Å². The fourth-order valence-electron chi connectivity index (χ4n) is 2.28. The summed E-state index contributed by atoms with van der Waals surface area (Å²) in [5, 5.41) is 16.3. The first-order valence-electron chi connectivity index (χ1n) is 7.48. The first-order chi connectivity index (χ1) is 9.26. The van der Waals surface area contributed by atoms with Crippen molar-refractivity contribution in [1.82, 2.24) is 10.6 Å². The minimum Gasteiger partial charge on any atom is -0.393 e. The van der Waals surface area contributed by atoms with Crippen molar-refractivity contribution in [2.24, 2.45) is 4.99 Å². The minimum absolute atomic E-state index is 0. The minimum atomic E-state index is -0.0934. The van der Waals surface area contributed by atoms with Gasteiger partial charge in [0.05, 0.1) is 6.10 Å². The van der Waals surface area contributed by atoms with Crippen LogP contribution in [0.4, 0.5) is 0 Å². The van der Waals surface area contributed by atoms with Crippen molar-refractivity contribution < 1.29 is 5.11 Å². The number of halogens is 1. The Labute approximate surface area is 145 Å². The van der Waals surface area contributed by atoms with Crippen LogP contribution in [0.5, 0.6) is 0 Å². The number of aliphatic hydroxyl groups is 1. The number of aliphatic imine (C=N–C) groups is 1. The molecule has 0 aromatic rings. The highest BCUT2D eigenvalue weighted by Crippen LogP contribution is 2.18. The molecule has 1 fully saturated rings. The van der Waals surface area contributed by atoms with Crippen LogP contribution < -0.4 is 10.6 Å². The summed E-state index contributed by atoms with van der Waals surface area (Å²) in [5.41, 5.74) is 0. The van der Waals surface area contributed by atoms with Gasteiger partial charge in [0.2, 0.25) is 0 Å². The van der Waals surface area contributed by atoms with E-state index in [1.807, 2.05) is 11.8 Å². The number of nitrogens with one attached hydrogen (secondary N) is 2. The molecule has 6 heteroatoms. The van der Waals surface area contributed by atoms with Gasteiger partial charge in [-0.15, -0.1) is 24.0 Å². The number of thioether (sulfide) groups is 1. The van der Waals surface area contributed by atoms with Crippen LogP contribution in [0.15, 0.2) is 4.99 Å². The smallest absolute Gasteiger partial charge is 0.191 e. The van der Waals surface area contributed by atoms with E-state index in [4.69, 9.17) is 0 Å². The zero-order valence-electron chi connectivity index (χ0n) is 12.7. The fraction of sp³-hybridized carbons (Fsp3) is 0.929. The van der Waals surface area contributed by atoms with Gasteiger partial charge in [-0.25, -0.2) is 0 Å². The lowest BCUT2D eigenvalue weighted by molar-refractivity contribution is 0.120. The Morgan fingerprint density at radius 1 is 1.25 bits per heavy atom. The van der Waals surface area contributed by atoms with Gasteiger partial charge in [-0.2, -0.15) is 11.8 Å². The molecule has 1 rings (SSSR count). The van der Waals surface area contributed by atoms with Gasteiger partial charge in [0, 0.05) is 19.1 Å². The summed E-state index contributed by atoms with van der Waals surface area (Å²) >= 11 is 1.90. The first kappa shape index (κ1) is 20.3. The Kier molecular flexibility index (Phi) is 13.2. The molecule has 0 radical (unpaired) electrons. The van der Waals surface area contributed by atoms with E-state index in [1.54, 1.807) is 0 Å². The van der Waals surface area contributed by atoms with Gasteiger partial charge in [0.15, 0.2) is 5.96 Å². The lowest BCUT2D eigenvalue weighted by Gasteiger charge is -2.27. The van der Waals surface area contributed by atoms with Crippen molar-refractivity contribution in [2.75, 3.05) is 25.1 Å². The molecule has 0 aliphatic heterocycles. The molecule has 120 valence electrons. The van der Waals surface area contributed by atoms with Crippen molar-refractivity contribution in [1.29, 1.82) is 0 Å². The number of aliphatic hydroxyl groups excluding tert-OH is 1. The van der Waals surface area contributed by atoms with Gasteiger partial charge in [0.25, 0.3) is 0 Å². The second-order valence-corrected chi connectivity index (χ2v) is 6.10. The Hall–Kier alpha value is 0.310. The third-order valence-electron chi connectivity index (χ3n) is 3.41. The Morgan fingerprint density at radius 3 is 2.55 bits per heavy atom. The summed E-state index contributed by atoms with van der Waals surface area (Å²) in [6.45, 7) is 3.88. The Bertz CT molecular complexity index is 259. The van der Waals surface area contributed by atoms with E-state index in [-0.39, 0.29) is 30.1 Å². The number of unbranched alkanes of at least 4 members (excludes halogenated alkanes) is 1. The maximum Gasteiger partial charge on any atom is 0.191 e. The molecule has 0 bridgehead atoms.